The van der Waals surface area contributed by atoms with Crippen LogP contribution >= 0.6 is 0 Å². The SMILES string of the molecule is CC(NC(=O)c1ccoc1)C(=O)N1CCCC(N)C1. The first-order valence-corrected chi connectivity index (χ1v) is 6.45. The van der Waals surface area contributed by atoms with Gasteiger partial charge < -0.3 is 20.4 Å². The first-order chi connectivity index (χ1) is 9.08. The number of nitrogens with zero attached hydrogens (tertiary/aromatic N) is 1. The fourth-order valence-corrected chi connectivity index (χ4v) is 2.22. The zero-order chi connectivity index (χ0) is 13.8. The summed E-state index contributed by atoms with van der Waals surface area (Å²) < 4.78 is 4.84. The second kappa shape index (κ2) is 5.88. The van der Waals surface area contributed by atoms with Gasteiger partial charge in [-0.3, -0.25) is 9.59 Å². The van der Waals surface area contributed by atoms with Gasteiger partial charge in [-0.2, -0.15) is 0 Å². The summed E-state index contributed by atoms with van der Waals surface area (Å²) in [5.74, 6) is -0.400. The Kier molecular flexibility index (Phi) is 4.21. The predicted molar refractivity (Wildman–Crippen MR) is 69.4 cm³/mol. The molecule has 1 aliphatic heterocycles. The topological polar surface area (TPSA) is 88.6 Å². The van der Waals surface area contributed by atoms with Crippen LogP contribution in [0.15, 0.2) is 23.0 Å². The fourth-order valence-electron chi connectivity index (χ4n) is 2.22. The highest BCUT2D eigenvalue weighted by atomic mass is 16.3. The van der Waals surface area contributed by atoms with Crippen molar-refractivity contribution >= 4 is 11.8 Å². The molecule has 2 amide bonds. The summed E-state index contributed by atoms with van der Waals surface area (Å²) in [6.07, 6.45) is 4.63. The largest absolute Gasteiger partial charge is 0.472 e. The van der Waals surface area contributed by atoms with Crippen LogP contribution in [-0.2, 0) is 4.79 Å². The van der Waals surface area contributed by atoms with Gasteiger partial charge in [0, 0.05) is 19.1 Å². The van der Waals surface area contributed by atoms with Crippen molar-refractivity contribution in [3.63, 3.8) is 0 Å². The maximum Gasteiger partial charge on any atom is 0.255 e. The molecule has 0 aromatic carbocycles. The molecule has 2 unspecified atom stereocenters. The van der Waals surface area contributed by atoms with Crippen molar-refractivity contribution in [2.24, 2.45) is 5.73 Å². The van der Waals surface area contributed by atoms with Gasteiger partial charge in [-0.15, -0.1) is 0 Å². The average molecular weight is 265 g/mol. The second-order valence-electron chi connectivity index (χ2n) is 4.89. The maximum absolute atomic E-state index is 12.2. The van der Waals surface area contributed by atoms with Crippen LogP contribution in [0, 0.1) is 0 Å². The molecule has 6 nitrogen and oxygen atoms in total. The Labute approximate surface area is 111 Å². The molecular weight excluding hydrogens is 246 g/mol. The lowest BCUT2D eigenvalue weighted by Crippen LogP contribution is -2.52. The Balaban J connectivity index is 1.90. The van der Waals surface area contributed by atoms with Crippen LogP contribution in [0.25, 0.3) is 0 Å². The summed E-state index contributed by atoms with van der Waals surface area (Å²) in [6.45, 7) is 2.95. The van der Waals surface area contributed by atoms with Crippen LogP contribution in [0.2, 0.25) is 0 Å². The zero-order valence-electron chi connectivity index (χ0n) is 11.0. The summed E-state index contributed by atoms with van der Waals surface area (Å²) in [5.41, 5.74) is 6.26. The molecule has 104 valence electrons. The molecule has 0 bridgehead atoms. The molecule has 2 rings (SSSR count). The summed E-state index contributed by atoms with van der Waals surface area (Å²) in [5, 5.41) is 2.66. The molecule has 1 aliphatic rings. The van der Waals surface area contributed by atoms with E-state index in [2.05, 4.69) is 5.32 Å². The van der Waals surface area contributed by atoms with Gasteiger partial charge in [-0.1, -0.05) is 0 Å². The lowest BCUT2D eigenvalue weighted by Gasteiger charge is -2.32. The highest BCUT2D eigenvalue weighted by Gasteiger charge is 2.26. The Morgan fingerprint density at radius 1 is 1.58 bits per heavy atom. The molecule has 0 aliphatic carbocycles. The number of likely N-dealkylation sites (tertiary alicyclic amines) is 1. The summed E-state index contributed by atoms with van der Waals surface area (Å²) in [7, 11) is 0. The van der Waals surface area contributed by atoms with E-state index < -0.39 is 6.04 Å². The number of rotatable bonds is 3. The number of furan rings is 1. The van der Waals surface area contributed by atoms with Crippen LogP contribution in [0.4, 0.5) is 0 Å². The minimum atomic E-state index is -0.562. The number of amides is 2. The van der Waals surface area contributed by atoms with E-state index >= 15 is 0 Å². The van der Waals surface area contributed by atoms with E-state index in [1.54, 1.807) is 17.9 Å². The van der Waals surface area contributed by atoms with Crippen molar-refractivity contribution in [2.75, 3.05) is 13.1 Å². The number of carbonyl (C=O) groups is 2. The first kappa shape index (κ1) is 13.6. The molecule has 0 saturated carbocycles. The number of nitrogens with one attached hydrogen (secondary N) is 1. The summed E-state index contributed by atoms with van der Waals surface area (Å²) in [4.78, 5) is 25.7. The van der Waals surface area contributed by atoms with Crippen LogP contribution in [-0.4, -0.2) is 41.9 Å². The van der Waals surface area contributed by atoms with E-state index in [0.717, 1.165) is 12.8 Å². The van der Waals surface area contributed by atoms with E-state index in [4.69, 9.17) is 10.2 Å². The number of hydrogen-bond acceptors (Lipinski definition) is 4. The highest BCUT2D eigenvalue weighted by Crippen LogP contribution is 2.10. The molecule has 1 aromatic rings. The molecule has 3 N–H and O–H groups in total. The van der Waals surface area contributed by atoms with E-state index in [0.29, 0.717) is 18.7 Å². The van der Waals surface area contributed by atoms with Crippen LogP contribution < -0.4 is 11.1 Å². The van der Waals surface area contributed by atoms with E-state index in [-0.39, 0.29) is 17.9 Å². The number of carbonyl (C=O) groups excluding carboxylic acids is 2. The second-order valence-corrected chi connectivity index (χ2v) is 4.89. The predicted octanol–water partition coefficient (Wildman–Crippen LogP) is 0.348. The highest BCUT2D eigenvalue weighted by molar-refractivity contribution is 5.97. The van der Waals surface area contributed by atoms with Gasteiger partial charge in [-0.05, 0) is 25.8 Å². The van der Waals surface area contributed by atoms with Crippen LogP contribution in [0.3, 0.4) is 0 Å². The molecule has 6 heteroatoms. The number of nitrogens with two attached hydrogens (primary N) is 1. The van der Waals surface area contributed by atoms with E-state index in [1.807, 2.05) is 0 Å². The fraction of sp³-hybridized carbons (Fsp3) is 0.538. The maximum atomic E-state index is 12.2. The molecule has 1 fully saturated rings. The third-order valence-electron chi connectivity index (χ3n) is 3.27. The molecule has 2 atom stereocenters. The lowest BCUT2D eigenvalue weighted by atomic mass is 10.1. The van der Waals surface area contributed by atoms with Gasteiger partial charge in [0.2, 0.25) is 5.91 Å². The van der Waals surface area contributed by atoms with Gasteiger partial charge >= 0.3 is 0 Å². The molecule has 1 aromatic heterocycles. The Morgan fingerprint density at radius 3 is 3.00 bits per heavy atom. The Bertz CT molecular complexity index is 444. The number of hydrogen-bond donors (Lipinski definition) is 2. The minimum absolute atomic E-state index is 0.0366. The molecule has 0 radical (unpaired) electrons. The summed E-state index contributed by atoms with van der Waals surface area (Å²) in [6, 6.07) is 1.03. The van der Waals surface area contributed by atoms with Gasteiger partial charge in [0.1, 0.15) is 12.3 Å². The molecule has 1 saturated heterocycles. The van der Waals surface area contributed by atoms with Crippen LogP contribution in [0.1, 0.15) is 30.1 Å². The normalized spacial score (nSPS) is 20.9. The smallest absolute Gasteiger partial charge is 0.255 e. The van der Waals surface area contributed by atoms with Crippen molar-refractivity contribution in [1.82, 2.24) is 10.2 Å². The Hall–Kier alpha value is -1.82. The number of piperidine rings is 1. The molecule has 19 heavy (non-hydrogen) atoms. The van der Waals surface area contributed by atoms with Gasteiger partial charge in [0.05, 0.1) is 11.8 Å². The van der Waals surface area contributed by atoms with Crippen molar-refractivity contribution in [1.29, 1.82) is 0 Å². The summed E-state index contributed by atoms with van der Waals surface area (Å²) >= 11 is 0. The monoisotopic (exact) mass is 265 g/mol. The van der Waals surface area contributed by atoms with Crippen molar-refractivity contribution in [3.8, 4) is 0 Å². The quantitative estimate of drug-likeness (QED) is 0.825. The minimum Gasteiger partial charge on any atom is -0.472 e. The molecule has 2 heterocycles. The van der Waals surface area contributed by atoms with Crippen molar-refractivity contribution < 1.29 is 14.0 Å². The van der Waals surface area contributed by atoms with Gasteiger partial charge in [0.15, 0.2) is 0 Å². The van der Waals surface area contributed by atoms with E-state index in [9.17, 15) is 9.59 Å². The molecular formula is C13H19N3O3. The molecule has 0 spiro atoms. The van der Waals surface area contributed by atoms with E-state index in [1.165, 1.54) is 12.5 Å². The third-order valence-corrected chi connectivity index (χ3v) is 3.27. The van der Waals surface area contributed by atoms with Gasteiger partial charge in [-0.25, -0.2) is 0 Å². The average Bonchev–Trinajstić information content (AvgIpc) is 2.91. The first-order valence-electron chi connectivity index (χ1n) is 6.45. The van der Waals surface area contributed by atoms with Gasteiger partial charge in [0.25, 0.3) is 5.91 Å². The van der Waals surface area contributed by atoms with Crippen molar-refractivity contribution in [2.45, 2.75) is 31.8 Å². The zero-order valence-corrected chi connectivity index (χ0v) is 11.0. The third kappa shape index (κ3) is 3.35. The standard InChI is InChI=1S/C13H19N3O3/c1-9(15-12(17)10-4-6-19-8-10)13(18)16-5-2-3-11(14)7-16/h4,6,8-9,11H,2-3,5,7,14H2,1H3,(H,15,17). The lowest BCUT2D eigenvalue weighted by molar-refractivity contribution is -0.134. The van der Waals surface area contributed by atoms with Crippen LogP contribution in [0.5, 0.6) is 0 Å². The van der Waals surface area contributed by atoms with Crippen molar-refractivity contribution in [3.05, 3.63) is 24.2 Å². The Morgan fingerprint density at radius 2 is 2.37 bits per heavy atom.